The first-order valence-corrected chi connectivity index (χ1v) is 10.4. The number of aliphatic hydroxyl groups is 1. The van der Waals surface area contributed by atoms with Crippen LogP contribution >= 0.6 is 0 Å². The van der Waals surface area contributed by atoms with E-state index in [0.717, 1.165) is 40.7 Å². The van der Waals surface area contributed by atoms with Gasteiger partial charge in [-0.15, -0.1) is 0 Å². The second-order valence-electron chi connectivity index (χ2n) is 8.11. The summed E-state index contributed by atoms with van der Waals surface area (Å²) < 4.78 is 11.6. The van der Waals surface area contributed by atoms with E-state index in [1.807, 2.05) is 30.3 Å². The maximum Gasteiger partial charge on any atom is 0.247 e. The highest BCUT2D eigenvalue weighted by atomic mass is 16.5. The number of benzene rings is 2. The number of nitrogens with one attached hydrogen (secondary N) is 1. The number of nitrogens with zero attached hydrogens (tertiary/aromatic N) is 1. The molecule has 0 bridgehead atoms. The Hall–Kier alpha value is -2.67. The lowest BCUT2D eigenvalue weighted by Gasteiger charge is -2.36. The Morgan fingerprint density at radius 2 is 1.80 bits per heavy atom. The van der Waals surface area contributed by atoms with Crippen molar-refractivity contribution in [3.8, 4) is 16.9 Å². The Balaban J connectivity index is 1.41. The van der Waals surface area contributed by atoms with Crippen LogP contribution in [0.1, 0.15) is 13.8 Å². The van der Waals surface area contributed by atoms with E-state index in [1.165, 1.54) is 6.07 Å². The summed E-state index contributed by atoms with van der Waals surface area (Å²) in [4.78, 5) is 16.2. The number of aromatic amines is 1. The van der Waals surface area contributed by atoms with Gasteiger partial charge in [0, 0.05) is 31.9 Å². The predicted molar refractivity (Wildman–Crippen MR) is 118 cm³/mol. The van der Waals surface area contributed by atoms with Crippen LogP contribution in [0.5, 0.6) is 5.75 Å². The van der Waals surface area contributed by atoms with Gasteiger partial charge in [-0.3, -0.25) is 9.69 Å². The average molecular weight is 408 g/mol. The molecule has 4 rings (SSSR count). The zero-order valence-corrected chi connectivity index (χ0v) is 17.4. The quantitative estimate of drug-likeness (QED) is 0.656. The number of ether oxygens (including phenoxy) is 2. The molecule has 2 aromatic carbocycles. The van der Waals surface area contributed by atoms with Crippen molar-refractivity contribution in [1.29, 1.82) is 0 Å². The topological polar surface area (TPSA) is 74.8 Å². The Kier molecular flexibility index (Phi) is 6.18. The fraction of sp³-hybridized carbons (Fsp3) is 0.375. The van der Waals surface area contributed by atoms with Crippen LogP contribution in [0.3, 0.4) is 0 Å². The zero-order chi connectivity index (χ0) is 21.1. The lowest BCUT2D eigenvalue weighted by atomic mass is 10.0. The van der Waals surface area contributed by atoms with E-state index in [1.54, 1.807) is 6.20 Å². The normalized spacial score (nSPS) is 20.9. The zero-order valence-electron chi connectivity index (χ0n) is 17.4. The Morgan fingerprint density at radius 3 is 2.53 bits per heavy atom. The lowest BCUT2D eigenvalue weighted by Crippen LogP contribution is -2.48. The van der Waals surface area contributed by atoms with Gasteiger partial charge in [-0.25, -0.2) is 0 Å². The molecule has 158 valence electrons. The number of H-pyrrole nitrogens is 1. The van der Waals surface area contributed by atoms with E-state index in [2.05, 4.69) is 35.9 Å². The molecule has 1 saturated heterocycles. The molecule has 1 aliphatic rings. The van der Waals surface area contributed by atoms with Gasteiger partial charge in [-0.2, -0.15) is 0 Å². The summed E-state index contributed by atoms with van der Waals surface area (Å²) in [6.45, 7) is 6.58. The van der Waals surface area contributed by atoms with Crippen LogP contribution in [0.25, 0.3) is 21.9 Å². The van der Waals surface area contributed by atoms with Crippen molar-refractivity contribution < 1.29 is 14.6 Å². The lowest BCUT2D eigenvalue weighted by molar-refractivity contribution is -0.0786. The van der Waals surface area contributed by atoms with E-state index in [9.17, 15) is 9.90 Å². The number of rotatable bonds is 6. The molecular formula is C24H28N2O4. The molecule has 3 atom stereocenters. The third kappa shape index (κ3) is 5.08. The van der Waals surface area contributed by atoms with E-state index in [4.69, 9.17) is 9.47 Å². The monoisotopic (exact) mass is 408 g/mol. The summed E-state index contributed by atoms with van der Waals surface area (Å²) in [5, 5.41) is 12.6. The molecule has 30 heavy (non-hydrogen) atoms. The molecule has 0 aliphatic carbocycles. The number of pyridine rings is 1. The minimum Gasteiger partial charge on any atom is -0.491 e. The first-order chi connectivity index (χ1) is 14.5. The van der Waals surface area contributed by atoms with Crippen molar-refractivity contribution in [1.82, 2.24) is 9.88 Å². The van der Waals surface area contributed by atoms with Crippen molar-refractivity contribution in [2.45, 2.75) is 32.2 Å². The van der Waals surface area contributed by atoms with Gasteiger partial charge in [0.2, 0.25) is 5.56 Å². The third-order valence-electron chi connectivity index (χ3n) is 5.34. The maximum absolute atomic E-state index is 11.3. The third-order valence-corrected chi connectivity index (χ3v) is 5.34. The van der Waals surface area contributed by atoms with Gasteiger partial charge in [0.1, 0.15) is 18.5 Å². The van der Waals surface area contributed by atoms with Crippen molar-refractivity contribution >= 4 is 10.8 Å². The van der Waals surface area contributed by atoms with Gasteiger partial charge in [0.15, 0.2) is 0 Å². The van der Waals surface area contributed by atoms with Crippen molar-refractivity contribution in [3.63, 3.8) is 0 Å². The standard InChI is InChI=1S/C24H28N2O4/c1-16-12-26(13-17(2)30-16)14-22(27)15-29-23-7-5-18-3-4-19(9-21(18)10-23)20-6-8-24(28)25-11-20/h3-11,16-17,22,27H,12-15H2,1-2H3,(H,25,28)/t16-,17+,22?. The predicted octanol–water partition coefficient (Wildman–Crippen LogP) is 3.04. The molecule has 0 saturated carbocycles. The van der Waals surface area contributed by atoms with E-state index < -0.39 is 6.10 Å². The molecule has 1 aromatic heterocycles. The van der Waals surface area contributed by atoms with Crippen LogP contribution in [0.4, 0.5) is 0 Å². The summed E-state index contributed by atoms with van der Waals surface area (Å²) in [6, 6.07) is 15.4. The fourth-order valence-electron chi connectivity index (χ4n) is 4.06. The Labute approximate surface area is 176 Å². The minimum atomic E-state index is -0.564. The summed E-state index contributed by atoms with van der Waals surface area (Å²) in [7, 11) is 0. The second kappa shape index (κ2) is 9.00. The van der Waals surface area contributed by atoms with Gasteiger partial charge in [0.05, 0.1) is 12.2 Å². The van der Waals surface area contributed by atoms with Crippen LogP contribution in [-0.2, 0) is 4.74 Å². The molecule has 0 spiro atoms. The van der Waals surface area contributed by atoms with Crippen LogP contribution in [-0.4, -0.2) is 59.5 Å². The largest absolute Gasteiger partial charge is 0.491 e. The molecule has 1 unspecified atom stereocenters. The highest BCUT2D eigenvalue weighted by Crippen LogP contribution is 2.26. The first-order valence-electron chi connectivity index (χ1n) is 10.4. The van der Waals surface area contributed by atoms with E-state index in [-0.39, 0.29) is 24.4 Å². The van der Waals surface area contributed by atoms with Gasteiger partial charge in [-0.05, 0) is 60.0 Å². The molecular weight excluding hydrogens is 380 g/mol. The maximum atomic E-state index is 11.3. The Morgan fingerprint density at radius 1 is 1.07 bits per heavy atom. The number of aromatic nitrogens is 1. The number of aliphatic hydroxyl groups excluding tert-OH is 1. The van der Waals surface area contributed by atoms with Crippen LogP contribution in [0.15, 0.2) is 59.5 Å². The average Bonchev–Trinajstić information content (AvgIpc) is 2.71. The van der Waals surface area contributed by atoms with Gasteiger partial charge in [0.25, 0.3) is 0 Å². The molecule has 2 N–H and O–H groups in total. The van der Waals surface area contributed by atoms with Gasteiger partial charge in [-0.1, -0.05) is 18.2 Å². The summed E-state index contributed by atoms with van der Waals surface area (Å²) in [6.07, 6.45) is 1.51. The summed E-state index contributed by atoms with van der Waals surface area (Å²) in [5.41, 5.74) is 1.86. The first kappa shape index (κ1) is 20.6. The van der Waals surface area contributed by atoms with Gasteiger partial charge >= 0.3 is 0 Å². The summed E-state index contributed by atoms with van der Waals surface area (Å²) in [5.74, 6) is 0.726. The molecule has 0 radical (unpaired) electrons. The highest BCUT2D eigenvalue weighted by molar-refractivity contribution is 5.88. The van der Waals surface area contributed by atoms with Crippen LogP contribution in [0, 0.1) is 0 Å². The highest BCUT2D eigenvalue weighted by Gasteiger charge is 2.23. The number of hydrogen-bond donors (Lipinski definition) is 2. The minimum absolute atomic E-state index is 0.116. The molecule has 3 aromatic rings. The van der Waals surface area contributed by atoms with Crippen molar-refractivity contribution in [3.05, 3.63) is 65.1 Å². The molecule has 6 nitrogen and oxygen atoms in total. The number of fused-ring (bicyclic) bond motifs is 1. The molecule has 1 fully saturated rings. The fourth-order valence-corrected chi connectivity index (χ4v) is 4.06. The van der Waals surface area contributed by atoms with Crippen LogP contribution in [0.2, 0.25) is 0 Å². The molecule has 2 heterocycles. The van der Waals surface area contributed by atoms with E-state index in [0.29, 0.717) is 6.54 Å². The molecule has 0 amide bonds. The molecule has 1 aliphatic heterocycles. The smallest absolute Gasteiger partial charge is 0.247 e. The number of morpholine rings is 1. The summed E-state index contributed by atoms with van der Waals surface area (Å²) >= 11 is 0. The second-order valence-corrected chi connectivity index (χ2v) is 8.11. The van der Waals surface area contributed by atoms with Crippen molar-refractivity contribution in [2.24, 2.45) is 0 Å². The number of β-amino-alcohol motifs (C(OH)–C–C–N with tert-alkyl or cyclic N) is 1. The van der Waals surface area contributed by atoms with Crippen molar-refractivity contribution in [2.75, 3.05) is 26.2 Å². The Bertz CT molecular complexity index is 1030. The van der Waals surface area contributed by atoms with E-state index >= 15 is 0 Å². The van der Waals surface area contributed by atoms with Crippen LogP contribution < -0.4 is 10.3 Å². The molecule has 6 heteroatoms. The number of hydrogen-bond acceptors (Lipinski definition) is 5. The SMILES string of the molecule is C[C@@H]1CN(CC(O)COc2ccc3ccc(-c4ccc(=O)[nH]c4)cc3c2)C[C@H](C)O1. The van der Waals surface area contributed by atoms with Gasteiger partial charge < -0.3 is 19.6 Å².